The minimum atomic E-state index is -0.180. The van der Waals surface area contributed by atoms with E-state index in [1.54, 1.807) is 12.3 Å². The predicted octanol–water partition coefficient (Wildman–Crippen LogP) is 2.03. The van der Waals surface area contributed by atoms with E-state index in [0.29, 0.717) is 38.5 Å². The molecule has 2 saturated heterocycles. The molecule has 2 aliphatic rings. The molecule has 2 fully saturated rings. The largest absolute Gasteiger partial charge is 0.378 e. The van der Waals surface area contributed by atoms with E-state index < -0.39 is 0 Å². The van der Waals surface area contributed by atoms with Crippen LogP contribution in [0.2, 0.25) is 0 Å². The number of nitrogens with zero attached hydrogens (tertiary/aromatic N) is 4. The van der Waals surface area contributed by atoms with Gasteiger partial charge in [-0.25, -0.2) is 14.4 Å². The molecule has 2 aliphatic heterocycles. The van der Waals surface area contributed by atoms with Crippen LogP contribution in [-0.4, -0.2) is 60.9 Å². The van der Waals surface area contributed by atoms with E-state index in [9.17, 15) is 4.39 Å². The molecule has 26 heavy (non-hydrogen) atoms. The molecule has 138 valence electrons. The minimum Gasteiger partial charge on any atom is -0.378 e. The van der Waals surface area contributed by atoms with E-state index in [4.69, 9.17) is 14.5 Å². The van der Waals surface area contributed by atoms with Crippen molar-refractivity contribution < 1.29 is 13.9 Å². The molecule has 3 heterocycles. The number of benzene rings is 1. The molecule has 0 spiro atoms. The molecule has 7 heteroatoms. The summed E-state index contributed by atoms with van der Waals surface area (Å²) in [6, 6.07) is 8.75. The van der Waals surface area contributed by atoms with Gasteiger partial charge in [-0.1, -0.05) is 18.2 Å². The maximum atomic E-state index is 14.1. The molecule has 0 radical (unpaired) electrons. The van der Waals surface area contributed by atoms with Crippen molar-refractivity contribution in [1.82, 2.24) is 14.9 Å². The fourth-order valence-electron chi connectivity index (χ4n) is 3.40. The summed E-state index contributed by atoms with van der Waals surface area (Å²) in [5.41, 5.74) is 0.684. The zero-order valence-electron chi connectivity index (χ0n) is 14.7. The van der Waals surface area contributed by atoms with Gasteiger partial charge in [-0.3, -0.25) is 4.90 Å². The van der Waals surface area contributed by atoms with Gasteiger partial charge >= 0.3 is 0 Å². The molecule has 0 aliphatic carbocycles. The highest BCUT2D eigenvalue weighted by atomic mass is 19.1. The number of rotatable bonds is 4. The molecular formula is C19H23FN4O2. The van der Waals surface area contributed by atoms with Crippen LogP contribution in [0.15, 0.2) is 36.5 Å². The summed E-state index contributed by atoms with van der Waals surface area (Å²) >= 11 is 0. The third kappa shape index (κ3) is 3.85. The number of anilines is 1. The first-order chi connectivity index (χ1) is 12.8. The average molecular weight is 358 g/mol. The lowest BCUT2D eigenvalue weighted by molar-refractivity contribution is -0.0163. The summed E-state index contributed by atoms with van der Waals surface area (Å²) in [6.07, 6.45) is 1.79. The highest BCUT2D eigenvalue weighted by molar-refractivity contribution is 5.38. The number of halogens is 1. The number of hydrogen-bond donors (Lipinski definition) is 0. The Bertz CT molecular complexity index is 739. The summed E-state index contributed by atoms with van der Waals surface area (Å²) in [6.45, 7) is 5.48. The Morgan fingerprint density at radius 2 is 1.85 bits per heavy atom. The van der Waals surface area contributed by atoms with Gasteiger partial charge in [0.15, 0.2) is 0 Å². The lowest BCUT2D eigenvalue weighted by Crippen LogP contribution is -2.41. The van der Waals surface area contributed by atoms with Gasteiger partial charge in [0.1, 0.15) is 17.5 Å². The Kier molecular flexibility index (Phi) is 5.38. The second-order valence-corrected chi connectivity index (χ2v) is 6.53. The first-order valence-corrected chi connectivity index (χ1v) is 9.02. The molecule has 0 amide bonds. The lowest BCUT2D eigenvalue weighted by atomic mass is 10.1. The Morgan fingerprint density at radius 3 is 2.69 bits per heavy atom. The third-order valence-corrected chi connectivity index (χ3v) is 4.86. The summed E-state index contributed by atoms with van der Waals surface area (Å²) in [7, 11) is 0. The van der Waals surface area contributed by atoms with Gasteiger partial charge in [0.25, 0.3) is 0 Å². The average Bonchev–Trinajstić information content (AvgIpc) is 2.71. The van der Waals surface area contributed by atoms with Gasteiger partial charge in [0.05, 0.1) is 32.5 Å². The van der Waals surface area contributed by atoms with Crippen molar-refractivity contribution in [3.63, 3.8) is 0 Å². The molecule has 0 N–H and O–H groups in total. The van der Waals surface area contributed by atoms with Crippen molar-refractivity contribution in [2.75, 3.05) is 51.0 Å². The Hall–Kier alpha value is -2.09. The Morgan fingerprint density at radius 1 is 1.04 bits per heavy atom. The van der Waals surface area contributed by atoms with Crippen molar-refractivity contribution >= 4 is 5.82 Å². The Balaban J connectivity index is 1.55. The second-order valence-electron chi connectivity index (χ2n) is 6.53. The van der Waals surface area contributed by atoms with Gasteiger partial charge in [-0.15, -0.1) is 0 Å². The van der Waals surface area contributed by atoms with E-state index in [1.807, 2.05) is 18.2 Å². The van der Waals surface area contributed by atoms with Gasteiger partial charge < -0.3 is 14.4 Å². The maximum absolute atomic E-state index is 14.1. The van der Waals surface area contributed by atoms with Crippen LogP contribution < -0.4 is 4.90 Å². The van der Waals surface area contributed by atoms with Gasteiger partial charge in [0, 0.05) is 37.9 Å². The smallest absolute Gasteiger partial charge is 0.150 e. The van der Waals surface area contributed by atoms with E-state index in [2.05, 4.69) is 14.8 Å². The summed E-state index contributed by atoms with van der Waals surface area (Å²) in [5.74, 6) is 1.46. The molecule has 4 rings (SSSR count). The van der Waals surface area contributed by atoms with Crippen LogP contribution in [0.4, 0.5) is 10.2 Å². The van der Waals surface area contributed by atoms with Crippen molar-refractivity contribution in [1.29, 1.82) is 0 Å². The number of morpholine rings is 2. The van der Waals surface area contributed by atoms with Crippen LogP contribution in [0.3, 0.4) is 0 Å². The topological polar surface area (TPSA) is 50.7 Å². The summed E-state index contributed by atoms with van der Waals surface area (Å²) in [5, 5.41) is 0. The van der Waals surface area contributed by atoms with Gasteiger partial charge in [-0.2, -0.15) is 0 Å². The molecule has 0 bridgehead atoms. The van der Waals surface area contributed by atoms with Gasteiger partial charge in [-0.05, 0) is 12.1 Å². The van der Waals surface area contributed by atoms with E-state index in [0.717, 1.165) is 31.3 Å². The first kappa shape index (κ1) is 17.3. The summed E-state index contributed by atoms with van der Waals surface area (Å²) < 4.78 is 25.2. The summed E-state index contributed by atoms with van der Waals surface area (Å²) in [4.78, 5) is 13.7. The standard InChI is InChI=1S/C19H23FN4O2/c20-16-4-2-1-3-15(16)13-24-9-12-26-14-17(24)19-21-6-5-18(22-19)23-7-10-25-11-8-23/h1-6,17H,7-14H2/t17-/m1/s1. The zero-order chi connectivity index (χ0) is 17.8. The van der Waals surface area contributed by atoms with Crippen LogP contribution in [0.1, 0.15) is 17.4 Å². The van der Waals surface area contributed by atoms with Crippen molar-refractivity contribution in [3.05, 3.63) is 53.7 Å². The number of hydrogen-bond acceptors (Lipinski definition) is 6. The van der Waals surface area contributed by atoms with Gasteiger partial charge in [0.2, 0.25) is 0 Å². The molecule has 1 aromatic heterocycles. The molecule has 1 aromatic carbocycles. The Labute approximate surface area is 152 Å². The molecule has 0 saturated carbocycles. The maximum Gasteiger partial charge on any atom is 0.150 e. The fraction of sp³-hybridized carbons (Fsp3) is 0.474. The normalized spacial score (nSPS) is 21.7. The second kappa shape index (κ2) is 8.07. The van der Waals surface area contributed by atoms with Crippen molar-refractivity contribution in [2.24, 2.45) is 0 Å². The highest BCUT2D eigenvalue weighted by Crippen LogP contribution is 2.25. The molecule has 6 nitrogen and oxygen atoms in total. The third-order valence-electron chi connectivity index (χ3n) is 4.86. The lowest BCUT2D eigenvalue weighted by Gasteiger charge is -2.35. The van der Waals surface area contributed by atoms with E-state index in [-0.39, 0.29) is 11.9 Å². The zero-order valence-corrected chi connectivity index (χ0v) is 14.7. The predicted molar refractivity (Wildman–Crippen MR) is 95.4 cm³/mol. The van der Waals surface area contributed by atoms with E-state index >= 15 is 0 Å². The first-order valence-electron chi connectivity index (χ1n) is 9.02. The SMILES string of the molecule is Fc1ccccc1CN1CCOC[C@@H]1c1nccc(N2CCOCC2)n1. The molecular weight excluding hydrogens is 335 g/mol. The molecule has 0 unspecified atom stereocenters. The highest BCUT2D eigenvalue weighted by Gasteiger charge is 2.28. The van der Waals surface area contributed by atoms with Crippen LogP contribution in [0.5, 0.6) is 0 Å². The number of aromatic nitrogens is 2. The minimum absolute atomic E-state index is 0.0793. The van der Waals surface area contributed by atoms with Crippen molar-refractivity contribution in [2.45, 2.75) is 12.6 Å². The van der Waals surface area contributed by atoms with Crippen LogP contribution in [0, 0.1) is 5.82 Å². The van der Waals surface area contributed by atoms with Crippen molar-refractivity contribution in [3.8, 4) is 0 Å². The van der Waals surface area contributed by atoms with E-state index in [1.165, 1.54) is 6.07 Å². The fourth-order valence-corrected chi connectivity index (χ4v) is 3.40. The van der Waals surface area contributed by atoms with Crippen LogP contribution >= 0.6 is 0 Å². The monoisotopic (exact) mass is 358 g/mol. The molecule has 1 atom stereocenters. The quantitative estimate of drug-likeness (QED) is 0.834. The molecule has 2 aromatic rings. The number of ether oxygens (including phenoxy) is 2. The van der Waals surface area contributed by atoms with Crippen LogP contribution in [-0.2, 0) is 16.0 Å². The van der Waals surface area contributed by atoms with Crippen LogP contribution in [0.25, 0.3) is 0 Å².